The molecule has 0 aromatic carbocycles. The predicted octanol–water partition coefficient (Wildman–Crippen LogP) is 1.88. The Morgan fingerprint density at radius 2 is 1.94 bits per heavy atom. The number of nitrogens with zero attached hydrogens (tertiary/aromatic N) is 3. The van der Waals surface area contributed by atoms with Crippen molar-refractivity contribution in [2.75, 3.05) is 31.2 Å². The van der Waals surface area contributed by atoms with Crippen molar-refractivity contribution in [3.63, 3.8) is 0 Å². The summed E-state index contributed by atoms with van der Waals surface area (Å²) in [6.45, 7) is 11.4. The molecule has 2 unspecified atom stereocenters. The van der Waals surface area contributed by atoms with Gasteiger partial charge in [-0.1, -0.05) is 13.8 Å². The number of aryl methyl sites for hydroxylation is 3. The third-order valence-corrected chi connectivity index (χ3v) is 10.4. The van der Waals surface area contributed by atoms with Gasteiger partial charge in [-0.25, -0.2) is 23.1 Å². The molecule has 3 aliphatic carbocycles. The van der Waals surface area contributed by atoms with Gasteiger partial charge in [0.05, 0.1) is 29.9 Å². The van der Waals surface area contributed by atoms with Gasteiger partial charge in [0.1, 0.15) is 17.1 Å². The van der Waals surface area contributed by atoms with Crippen molar-refractivity contribution in [2.24, 2.45) is 22.2 Å². The number of hydrogen-bond donors (Lipinski definition) is 2. The van der Waals surface area contributed by atoms with Crippen molar-refractivity contribution in [1.82, 2.24) is 19.3 Å². The molecule has 3 N–H and O–H groups in total. The number of carbonyl (C=O) groups excluding carboxylic acids is 1. The molecule has 0 bridgehead atoms. The lowest BCUT2D eigenvalue weighted by atomic mass is 9.91. The minimum atomic E-state index is -3.57. The molecule has 2 aromatic heterocycles. The largest absolute Gasteiger partial charge is 0.382 e. The molecule has 0 saturated heterocycles. The third-order valence-electron chi connectivity index (χ3n) is 8.92. The van der Waals surface area contributed by atoms with Crippen LogP contribution in [0.3, 0.4) is 0 Å². The van der Waals surface area contributed by atoms with Gasteiger partial charge in [0, 0.05) is 25.2 Å². The normalized spacial score (nSPS) is 29.4. The number of nitrogens with two attached hydrogens (primary N) is 1. The summed E-state index contributed by atoms with van der Waals surface area (Å²) in [6.07, 6.45) is 1.54. The van der Waals surface area contributed by atoms with Gasteiger partial charge in [0.2, 0.25) is 10.0 Å². The van der Waals surface area contributed by atoms with Crippen LogP contribution in [-0.4, -0.2) is 54.2 Å². The zero-order valence-electron chi connectivity index (χ0n) is 20.0. The van der Waals surface area contributed by atoms with E-state index in [1.165, 1.54) is 0 Å². The summed E-state index contributed by atoms with van der Waals surface area (Å²) in [5.41, 5.74) is 8.63. The van der Waals surface area contributed by atoms with Crippen LogP contribution in [0, 0.1) is 42.9 Å². The van der Waals surface area contributed by atoms with E-state index in [-0.39, 0.29) is 35.5 Å². The van der Waals surface area contributed by atoms with Crippen LogP contribution in [-0.2, 0) is 26.1 Å². The second kappa shape index (κ2) is 6.99. The molecule has 0 amide bonds. The molecule has 3 aliphatic rings. The van der Waals surface area contributed by atoms with Crippen LogP contribution in [0.4, 0.5) is 5.82 Å². The average Bonchev–Trinajstić information content (AvgIpc) is 3.43. The maximum atomic E-state index is 12.8. The van der Waals surface area contributed by atoms with Gasteiger partial charge in [-0.05, 0) is 49.5 Å². The minimum Gasteiger partial charge on any atom is -0.382 e. The molecule has 33 heavy (non-hydrogen) atoms. The Morgan fingerprint density at radius 3 is 2.61 bits per heavy atom. The van der Waals surface area contributed by atoms with Crippen molar-refractivity contribution in [2.45, 2.75) is 54.0 Å². The number of pyridine rings is 1. The fourth-order valence-corrected chi connectivity index (χ4v) is 8.94. The van der Waals surface area contributed by atoms with E-state index in [1.807, 2.05) is 20.8 Å². The SMILES string of the molecule is Cc1nc(N)c2nc(C)n(CCOCCNS(=O)(=O)C[C@@]34C(=O)CC5CC53C4(C)C)c2c1C. The van der Waals surface area contributed by atoms with Gasteiger partial charge in [0.15, 0.2) is 5.82 Å². The van der Waals surface area contributed by atoms with E-state index in [2.05, 4.69) is 33.1 Å². The lowest BCUT2D eigenvalue weighted by molar-refractivity contribution is -0.124. The molecule has 3 saturated carbocycles. The van der Waals surface area contributed by atoms with Gasteiger partial charge < -0.3 is 15.0 Å². The number of imidazole rings is 1. The maximum absolute atomic E-state index is 12.8. The Morgan fingerprint density at radius 1 is 1.21 bits per heavy atom. The highest BCUT2D eigenvalue weighted by Gasteiger charge is 2.97. The molecular weight excluding hydrogens is 442 g/mol. The van der Waals surface area contributed by atoms with Gasteiger partial charge in [-0.3, -0.25) is 4.79 Å². The number of ether oxygens (including phenoxy) is 1. The second-order valence-electron chi connectivity index (χ2n) is 10.5. The van der Waals surface area contributed by atoms with Crippen molar-refractivity contribution in [1.29, 1.82) is 0 Å². The molecule has 0 radical (unpaired) electrons. The standard InChI is InChI=1S/C23H33N5O4S/c1-13-14(2)26-20(24)18-19(13)28(15(3)27-18)7-9-32-8-6-25-33(30,31)12-23-17(29)10-16-11-22(16,23)21(23,4)5/h16,25H,6-12H2,1-5H3,(H2,24,26)/t16?,22?,23-/m0/s1. The molecule has 3 atom stereocenters. The number of anilines is 1. The van der Waals surface area contributed by atoms with Gasteiger partial charge in [-0.15, -0.1) is 0 Å². The number of ketones is 1. The van der Waals surface area contributed by atoms with E-state index >= 15 is 0 Å². The highest BCUT2D eigenvalue weighted by Crippen LogP contribution is 2.96. The quantitative estimate of drug-likeness (QED) is 0.530. The summed E-state index contributed by atoms with van der Waals surface area (Å²) >= 11 is 0. The highest BCUT2D eigenvalue weighted by atomic mass is 32.2. The number of nitrogens with one attached hydrogen (secondary N) is 1. The zero-order valence-corrected chi connectivity index (χ0v) is 20.8. The van der Waals surface area contributed by atoms with Crippen LogP contribution in [0.2, 0.25) is 0 Å². The van der Waals surface area contributed by atoms with Crippen molar-refractivity contribution in [3.05, 3.63) is 17.1 Å². The number of sulfonamides is 1. The van der Waals surface area contributed by atoms with Crippen LogP contribution >= 0.6 is 0 Å². The molecular formula is C23H33N5O4S. The molecule has 10 heteroatoms. The lowest BCUT2D eigenvalue weighted by Crippen LogP contribution is -2.37. The number of fused-ring (bicyclic) bond motifs is 1. The summed E-state index contributed by atoms with van der Waals surface area (Å²) in [5.74, 6) is 1.67. The highest BCUT2D eigenvalue weighted by molar-refractivity contribution is 7.89. The Bertz CT molecular complexity index is 1280. The first kappa shape index (κ1) is 22.7. The summed E-state index contributed by atoms with van der Waals surface area (Å²) in [5, 5.41) is 0. The Kier molecular flexibility index (Phi) is 4.82. The molecule has 2 heterocycles. The number of nitrogen functional groups attached to an aromatic ring is 1. The van der Waals surface area contributed by atoms with E-state index in [0.717, 1.165) is 29.0 Å². The van der Waals surface area contributed by atoms with Crippen LogP contribution in [0.15, 0.2) is 0 Å². The fraction of sp³-hybridized carbons (Fsp3) is 0.696. The zero-order chi connectivity index (χ0) is 24.0. The van der Waals surface area contributed by atoms with Crippen LogP contribution in [0.5, 0.6) is 0 Å². The number of Topliss-reactive ketones (excluding diaryl/α,β-unsaturated/α-hetero) is 1. The maximum Gasteiger partial charge on any atom is 0.212 e. The van der Waals surface area contributed by atoms with E-state index in [0.29, 0.717) is 36.8 Å². The van der Waals surface area contributed by atoms with Gasteiger partial charge >= 0.3 is 0 Å². The summed E-state index contributed by atoms with van der Waals surface area (Å²) in [6, 6.07) is 0. The number of hydrogen-bond acceptors (Lipinski definition) is 7. The van der Waals surface area contributed by atoms with Crippen molar-refractivity contribution < 1.29 is 17.9 Å². The fourth-order valence-electron chi connectivity index (χ4n) is 7.10. The topological polar surface area (TPSA) is 129 Å². The Balaban J connectivity index is 1.14. The van der Waals surface area contributed by atoms with E-state index in [4.69, 9.17) is 10.5 Å². The molecule has 9 nitrogen and oxygen atoms in total. The molecule has 2 aromatic rings. The second-order valence-corrected chi connectivity index (χ2v) is 12.3. The first-order chi connectivity index (χ1) is 15.4. The van der Waals surface area contributed by atoms with Crippen molar-refractivity contribution >= 4 is 32.7 Å². The third kappa shape index (κ3) is 2.89. The monoisotopic (exact) mass is 475 g/mol. The van der Waals surface area contributed by atoms with E-state index in [9.17, 15) is 13.2 Å². The Labute approximate surface area is 194 Å². The average molecular weight is 476 g/mol. The van der Waals surface area contributed by atoms with Crippen LogP contribution < -0.4 is 10.5 Å². The lowest BCUT2D eigenvalue weighted by Gasteiger charge is -2.18. The number of carbonyl (C=O) groups is 1. The smallest absolute Gasteiger partial charge is 0.212 e. The number of rotatable bonds is 9. The molecule has 5 rings (SSSR count). The van der Waals surface area contributed by atoms with Gasteiger partial charge in [-0.2, -0.15) is 0 Å². The molecule has 180 valence electrons. The first-order valence-corrected chi connectivity index (χ1v) is 13.2. The van der Waals surface area contributed by atoms with Crippen LogP contribution in [0.1, 0.15) is 43.8 Å². The first-order valence-electron chi connectivity index (χ1n) is 11.6. The van der Waals surface area contributed by atoms with E-state index in [1.54, 1.807) is 0 Å². The molecule has 3 fully saturated rings. The predicted molar refractivity (Wildman–Crippen MR) is 125 cm³/mol. The number of aromatic nitrogens is 3. The van der Waals surface area contributed by atoms with Crippen LogP contribution in [0.25, 0.3) is 11.0 Å². The minimum absolute atomic E-state index is 0.0663. The van der Waals surface area contributed by atoms with E-state index < -0.39 is 15.4 Å². The van der Waals surface area contributed by atoms with Crippen molar-refractivity contribution in [3.8, 4) is 0 Å². The molecule has 1 spiro atoms. The van der Waals surface area contributed by atoms with Gasteiger partial charge in [0.25, 0.3) is 0 Å². The Hall–Kier alpha value is -2.04. The summed E-state index contributed by atoms with van der Waals surface area (Å²) in [4.78, 5) is 21.5. The summed E-state index contributed by atoms with van der Waals surface area (Å²) in [7, 11) is -3.57. The summed E-state index contributed by atoms with van der Waals surface area (Å²) < 4.78 is 36.0. The molecule has 0 aliphatic heterocycles.